The molecule has 0 spiro atoms. The van der Waals surface area contributed by atoms with Crippen LogP contribution in [0.25, 0.3) is 11.3 Å². The summed E-state index contributed by atoms with van der Waals surface area (Å²) < 4.78 is 55.6. The van der Waals surface area contributed by atoms with E-state index in [0.717, 1.165) is 6.07 Å². The van der Waals surface area contributed by atoms with Gasteiger partial charge in [0.25, 0.3) is 5.76 Å². The van der Waals surface area contributed by atoms with E-state index in [0.29, 0.717) is 22.0 Å². The van der Waals surface area contributed by atoms with E-state index in [4.69, 9.17) is 26.8 Å². The van der Waals surface area contributed by atoms with Gasteiger partial charge >= 0.3 is 12.3 Å². The molecule has 166 valence electrons. The zero-order valence-corrected chi connectivity index (χ0v) is 17.2. The summed E-state index contributed by atoms with van der Waals surface area (Å²) in [5, 5.41) is 6.79. The number of hydrogen-bond acceptors (Lipinski definition) is 6. The van der Waals surface area contributed by atoms with Crippen molar-refractivity contribution in [2.24, 2.45) is 12.8 Å². The lowest BCUT2D eigenvalue weighted by Gasteiger charge is -2.14. The molecule has 8 nitrogen and oxygen atoms in total. The van der Waals surface area contributed by atoms with Crippen LogP contribution in [0.1, 0.15) is 11.5 Å². The lowest BCUT2D eigenvalue weighted by atomic mass is 10.1. The zero-order valence-electron chi connectivity index (χ0n) is 16.4. The summed E-state index contributed by atoms with van der Waals surface area (Å²) in [6.45, 7) is 1.82. The molecule has 2 aromatic heterocycles. The predicted octanol–water partition coefficient (Wildman–Crippen LogP) is 4.61. The number of aryl methyl sites for hydroxylation is 2. The van der Waals surface area contributed by atoms with Crippen molar-refractivity contribution in [1.82, 2.24) is 9.78 Å². The lowest BCUT2D eigenvalue weighted by Crippen LogP contribution is -2.18. The third kappa shape index (κ3) is 5.12. The molecule has 0 aliphatic heterocycles. The van der Waals surface area contributed by atoms with Crippen molar-refractivity contribution in [3.63, 3.8) is 0 Å². The number of alkyl halides is 3. The monoisotopic (exact) mass is 458 g/mol. The molecular formula is C19H18ClF3N4O4. The molecule has 2 heterocycles. The Morgan fingerprint density at radius 2 is 2.06 bits per heavy atom. The van der Waals surface area contributed by atoms with E-state index in [-0.39, 0.29) is 24.6 Å². The summed E-state index contributed by atoms with van der Waals surface area (Å²) >= 11 is 6.22. The minimum atomic E-state index is -4.81. The van der Waals surface area contributed by atoms with Crippen molar-refractivity contribution >= 4 is 23.4 Å². The molecule has 0 atom stereocenters. The van der Waals surface area contributed by atoms with Crippen LogP contribution in [0.5, 0.6) is 11.5 Å². The fourth-order valence-corrected chi connectivity index (χ4v) is 3.08. The van der Waals surface area contributed by atoms with E-state index in [2.05, 4.69) is 14.8 Å². The van der Waals surface area contributed by atoms with Crippen molar-refractivity contribution in [3.05, 3.63) is 47.0 Å². The van der Waals surface area contributed by atoms with Crippen molar-refractivity contribution < 1.29 is 31.9 Å². The van der Waals surface area contributed by atoms with Gasteiger partial charge in [-0.25, -0.2) is 4.79 Å². The summed E-state index contributed by atoms with van der Waals surface area (Å²) in [7, 11) is 1.67. The smallest absolute Gasteiger partial charge is 0.453 e. The Morgan fingerprint density at radius 3 is 2.68 bits per heavy atom. The number of ether oxygens (including phenoxy) is 2. The van der Waals surface area contributed by atoms with Gasteiger partial charge in [0.1, 0.15) is 18.1 Å². The Morgan fingerprint density at radius 1 is 1.32 bits per heavy atom. The molecule has 0 bridgehead atoms. The fourth-order valence-electron chi connectivity index (χ4n) is 2.81. The van der Waals surface area contributed by atoms with Gasteiger partial charge in [-0.15, -0.1) is 0 Å². The van der Waals surface area contributed by atoms with Crippen molar-refractivity contribution in [3.8, 4) is 22.8 Å². The van der Waals surface area contributed by atoms with Gasteiger partial charge in [-0.2, -0.15) is 18.3 Å². The van der Waals surface area contributed by atoms with Gasteiger partial charge in [0, 0.05) is 30.9 Å². The topological polar surface area (TPSA) is 105 Å². The van der Waals surface area contributed by atoms with Crippen molar-refractivity contribution in [2.45, 2.75) is 13.1 Å². The van der Waals surface area contributed by atoms with Gasteiger partial charge in [0.05, 0.1) is 16.9 Å². The number of rotatable bonds is 6. The van der Waals surface area contributed by atoms with Gasteiger partial charge in [-0.1, -0.05) is 11.6 Å². The second-order valence-corrected chi connectivity index (χ2v) is 6.78. The second-order valence-electron chi connectivity index (χ2n) is 6.38. The van der Waals surface area contributed by atoms with Crippen molar-refractivity contribution in [2.75, 3.05) is 18.5 Å². The van der Waals surface area contributed by atoms with Gasteiger partial charge in [-0.05, 0) is 25.1 Å². The summed E-state index contributed by atoms with van der Waals surface area (Å²) in [5.74, 6) is -1.75. The molecule has 0 saturated heterocycles. The maximum absolute atomic E-state index is 13.0. The minimum absolute atomic E-state index is 0.0512. The Bertz CT molecular complexity index is 1080. The van der Waals surface area contributed by atoms with Crippen LogP contribution in [-0.2, 0) is 13.2 Å². The fraction of sp³-hybridized carbons (Fsp3) is 0.263. The maximum atomic E-state index is 13.0. The highest BCUT2D eigenvalue weighted by atomic mass is 35.5. The summed E-state index contributed by atoms with van der Waals surface area (Å²) in [5.41, 5.74) is 6.72. The first-order valence-electron chi connectivity index (χ1n) is 8.91. The standard InChI is InChI=1S/C19H18ClF3N4O4/c1-10-7-15(17(30-10)19(21,22)23)31-18(28)26-11-3-4-14(29-6-5-24)12(8-11)16-13(20)9-25-27(16)2/h3-4,7-9H,5-6,24H2,1-2H3,(H,26,28). The van der Waals surface area contributed by atoms with Crippen LogP contribution < -0.4 is 20.5 Å². The zero-order chi connectivity index (χ0) is 22.8. The summed E-state index contributed by atoms with van der Waals surface area (Å²) in [6.07, 6.45) is -4.50. The van der Waals surface area contributed by atoms with E-state index < -0.39 is 23.8 Å². The Hall–Kier alpha value is -3.18. The molecular weight excluding hydrogens is 441 g/mol. The number of amides is 1. The quantitative estimate of drug-likeness (QED) is 0.559. The number of carbonyl (C=O) groups is 1. The van der Waals surface area contributed by atoms with Crippen molar-refractivity contribution in [1.29, 1.82) is 0 Å². The van der Waals surface area contributed by atoms with Crippen LogP contribution in [0.3, 0.4) is 0 Å². The summed E-state index contributed by atoms with van der Waals surface area (Å²) in [6, 6.07) is 5.56. The van der Waals surface area contributed by atoms with Crippen LogP contribution in [0.15, 0.2) is 34.9 Å². The third-order valence-electron chi connectivity index (χ3n) is 4.03. The molecule has 3 rings (SSSR count). The molecule has 0 unspecified atom stereocenters. The van der Waals surface area contributed by atoms with Crippen LogP contribution >= 0.6 is 11.6 Å². The number of carbonyl (C=O) groups excluding carboxylic acids is 1. The normalized spacial score (nSPS) is 11.5. The van der Waals surface area contributed by atoms with E-state index in [1.54, 1.807) is 13.1 Å². The number of nitrogens with one attached hydrogen (secondary N) is 1. The molecule has 3 aromatic rings. The maximum Gasteiger partial charge on any atom is 0.453 e. The van der Waals surface area contributed by atoms with Crippen LogP contribution in [0.2, 0.25) is 5.02 Å². The molecule has 0 aliphatic carbocycles. The molecule has 0 fully saturated rings. The lowest BCUT2D eigenvalue weighted by molar-refractivity contribution is -0.154. The summed E-state index contributed by atoms with van der Waals surface area (Å²) in [4.78, 5) is 12.2. The number of anilines is 1. The number of aromatic nitrogens is 2. The molecule has 3 N–H and O–H groups in total. The Labute approximate surface area is 179 Å². The Kier molecular flexibility index (Phi) is 6.46. The predicted molar refractivity (Wildman–Crippen MR) is 106 cm³/mol. The first kappa shape index (κ1) is 22.5. The average molecular weight is 459 g/mol. The highest BCUT2D eigenvalue weighted by Crippen LogP contribution is 2.39. The molecule has 1 amide bonds. The van der Waals surface area contributed by atoms with Crippen LogP contribution in [0, 0.1) is 6.92 Å². The molecule has 0 radical (unpaired) electrons. The number of hydrogen-bond donors (Lipinski definition) is 2. The van der Waals surface area contributed by atoms with Crippen LogP contribution in [-0.4, -0.2) is 29.0 Å². The Balaban J connectivity index is 1.87. The molecule has 0 aliphatic rings. The number of halogens is 4. The average Bonchev–Trinajstić information content (AvgIpc) is 3.22. The molecule has 31 heavy (non-hydrogen) atoms. The number of nitrogens with zero attached hydrogens (tertiary/aromatic N) is 2. The SMILES string of the molecule is Cc1cc(OC(=O)Nc2ccc(OCCN)c(-c3c(Cl)cnn3C)c2)c(C(F)(F)F)o1. The van der Waals surface area contributed by atoms with Gasteiger partial charge in [0.2, 0.25) is 0 Å². The number of benzene rings is 1. The molecule has 12 heteroatoms. The first-order chi connectivity index (χ1) is 14.6. The van der Waals surface area contributed by atoms with E-state index in [1.165, 1.54) is 29.9 Å². The largest absolute Gasteiger partial charge is 0.492 e. The minimum Gasteiger partial charge on any atom is -0.492 e. The molecule has 0 saturated carbocycles. The van der Waals surface area contributed by atoms with E-state index >= 15 is 0 Å². The highest BCUT2D eigenvalue weighted by molar-refractivity contribution is 6.33. The highest BCUT2D eigenvalue weighted by Gasteiger charge is 2.40. The number of nitrogens with two attached hydrogens (primary N) is 1. The second kappa shape index (κ2) is 8.90. The number of furan rings is 1. The van der Waals surface area contributed by atoms with Gasteiger partial charge < -0.3 is 19.6 Å². The van der Waals surface area contributed by atoms with Gasteiger partial charge in [-0.3, -0.25) is 10.00 Å². The van der Waals surface area contributed by atoms with E-state index in [1.807, 2.05) is 0 Å². The first-order valence-corrected chi connectivity index (χ1v) is 9.29. The third-order valence-corrected chi connectivity index (χ3v) is 4.31. The van der Waals surface area contributed by atoms with E-state index in [9.17, 15) is 18.0 Å². The van der Waals surface area contributed by atoms with Gasteiger partial charge in [0.15, 0.2) is 5.75 Å². The van der Waals surface area contributed by atoms with Crippen LogP contribution in [0.4, 0.5) is 23.7 Å². The molecule has 1 aromatic carbocycles.